The monoisotopic (exact) mass is 254 g/mol. The van der Waals surface area contributed by atoms with E-state index in [1.165, 1.54) is 77.0 Å². The predicted molar refractivity (Wildman–Crippen MR) is 81.9 cm³/mol. The van der Waals surface area contributed by atoms with Crippen LogP contribution in [0.2, 0.25) is 0 Å². The Labute approximate surface area is 115 Å². The molecule has 0 heterocycles. The van der Waals surface area contributed by atoms with Gasteiger partial charge in [-0.1, -0.05) is 76.9 Å². The van der Waals surface area contributed by atoms with Crippen LogP contribution in [0.1, 0.15) is 90.4 Å². The lowest BCUT2D eigenvalue weighted by atomic mass is 10.1. The van der Waals surface area contributed by atoms with E-state index < -0.39 is 0 Å². The molecule has 1 nitrogen and oxygen atoms in total. The molecule has 18 heavy (non-hydrogen) atoms. The maximum Gasteiger partial charge on any atom is 0.0431 e. The van der Waals surface area contributed by atoms with Crippen LogP contribution >= 0.6 is 0 Å². The Morgan fingerprint density at radius 3 is 1.56 bits per heavy atom. The molecule has 0 aromatic heterocycles. The van der Waals surface area contributed by atoms with Gasteiger partial charge in [0.1, 0.15) is 0 Å². The minimum atomic E-state index is 0.367. The Morgan fingerprint density at radius 1 is 0.611 bits per heavy atom. The van der Waals surface area contributed by atoms with E-state index in [1.54, 1.807) is 0 Å². The molecule has 0 amide bonds. The van der Waals surface area contributed by atoms with Crippen molar-refractivity contribution >= 4 is 0 Å². The summed E-state index contributed by atoms with van der Waals surface area (Å²) < 4.78 is 0. The quantitative estimate of drug-likeness (QED) is 0.315. The highest BCUT2D eigenvalue weighted by Crippen LogP contribution is 2.10. The molecule has 0 aliphatic heterocycles. The summed E-state index contributed by atoms with van der Waals surface area (Å²) in [6.07, 6.45) is 21.7. The third-order valence-electron chi connectivity index (χ3n) is 3.42. The van der Waals surface area contributed by atoms with Crippen LogP contribution in [0.5, 0.6) is 0 Å². The summed E-state index contributed by atoms with van der Waals surface area (Å²) in [5.41, 5.74) is 0. The average Bonchev–Trinajstić information content (AvgIpc) is 2.39. The van der Waals surface area contributed by atoms with E-state index in [0.29, 0.717) is 6.61 Å². The fourth-order valence-corrected chi connectivity index (χ4v) is 2.17. The van der Waals surface area contributed by atoms with Crippen molar-refractivity contribution in [3.05, 3.63) is 12.2 Å². The van der Waals surface area contributed by atoms with Crippen LogP contribution in [0, 0.1) is 0 Å². The first-order chi connectivity index (χ1) is 8.91. The van der Waals surface area contributed by atoms with Crippen molar-refractivity contribution in [3.8, 4) is 0 Å². The van der Waals surface area contributed by atoms with Gasteiger partial charge in [0.05, 0.1) is 0 Å². The summed E-state index contributed by atoms with van der Waals surface area (Å²) in [6.45, 7) is 2.61. The van der Waals surface area contributed by atoms with E-state index in [2.05, 4.69) is 19.1 Å². The number of unbranched alkanes of at least 4 members (excludes halogenated alkanes) is 11. The molecule has 0 fully saturated rings. The lowest BCUT2D eigenvalue weighted by molar-refractivity contribution is 0.282. The normalized spacial score (nSPS) is 11.4. The average molecular weight is 254 g/mol. The van der Waals surface area contributed by atoms with Crippen molar-refractivity contribution in [1.29, 1.82) is 0 Å². The third kappa shape index (κ3) is 15.7. The zero-order chi connectivity index (χ0) is 13.3. The van der Waals surface area contributed by atoms with Gasteiger partial charge in [0.25, 0.3) is 0 Å². The summed E-state index contributed by atoms with van der Waals surface area (Å²) in [6, 6.07) is 0. The van der Waals surface area contributed by atoms with Crippen molar-refractivity contribution in [2.24, 2.45) is 0 Å². The molecule has 0 saturated heterocycles. The van der Waals surface area contributed by atoms with Gasteiger partial charge in [0, 0.05) is 6.61 Å². The number of hydrogen-bond acceptors (Lipinski definition) is 1. The summed E-state index contributed by atoms with van der Waals surface area (Å²) in [4.78, 5) is 0. The van der Waals surface area contributed by atoms with Gasteiger partial charge in [-0.25, -0.2) is 0 Å². The Kier molecular flexibility index (Phi) is 16.4. The summed E-state index contributed by atoms with van der Waals surface area (Å²) in [5.74, 6) is 0. The lowest BCUT2D eigenvalue weighted by Crippen LogP contribution is -1.84. The van der Waals surface area contributed by atoms with Crippen LogP contribution in [-0.4, -0.2) is 11.7 Å². The van der Waals surface area contributed by atoms with Crippen LogP contribution < -0.4 is 0 Å². The van der Waals surface area contributed by atoms with Gasteiger partial charge in [0.2, 0.25) is 0 Å². The molecule has 0 bridgehead atoms. The van der Waals surface area contributed by atoms with Crippen molar-refractivity contribution in [2.45, 2.75) is 90.4 Å². The van der Waals surface area contributed by atoms with Gasteiger partial charge >= 0.3 is 0 Å². The second-order valence-corrected chi connectivity index (χ2v) is 5.31. The maximum absolute atomic E-state index is 8.65. The first-order valence-corrected chi connectivity index (χ1v) is 8.17. The lowest BCUT2D eigenvalue weighted by Gasteiger charge is -2.01. The van der Waals surface area contributed by atoms with Gasteiger partial charge in [-0.3, -0.25) is 0 Å². The smallest absolute Gasteiger partial charge is 0.0431 e. The van der Waals surface area contributed by atoms with Crippen LogP contribution in [0.3, 0.4) is 0 Å². The fourth-order valence-electron chi connectivity index (χ4n) is 2.17. The van der Waals surface area contributed by atoms with E-state index in [0.717, 1.165) is 6.42 Å². The van der Waals surface area contributed by atoms with Crippen molar-refractivity contribution in [1.82, 2.24) is 0 Å². The Bertz CT molecular complexity index is 163. The highest BCUT2D eigenvalue weighted by molar-refractivity contribution is 4.81. The molecular weight excluding hydrogens is 220 g/mol. The Hall–Kier alpha value is -0.300. The molecule has 0 radical (unpaired) electrons. The van der Waals surface area contributed by atoms with E-state index in [1.807, 2.05) is 0 Å². The number of rotatable bonds is 14. The summed E-state index contributed by atoms with van der Waals surface area (Å²) in [7, 11) is 0. The molecule has 0 aromatic rings. The molecule has 0 aliphatic carbocycles. The molecular formula is C17H34O. The van der Waals surface area contributed by atoms with Crippen LogP contribution in [0.25, 0.3) is 0 Å². The number of aliphatic hydroxyl groups is 1. The SMILES string of the molecule is CCCC/C=C\CCCCCCCCCCCO. The standard InChI is InChI=1S/C17H34O/c1-2-3-4-5-6-7-8-9-10-11-12-13-14-15-16-17-18/h5-6,18H,2-4,7-17H2,1H3/b6-5-. The zero-order valence-corrected chi connectivity index (χ0v) is 12.5. The fraction of sp³-hybridized carbons (Fsp3) is 0.882. The third-order valence-corrected chi connectivity index (χ3v) is 3.42. The second-order valence-electron chi connectivity index (χ2n) is 5.31. The second kappa shape index (κ2) is 16.7. The first-order valence-electron chi connectivity index (χ1n) is 8.17. The Morgan fingerprint density at radius 2 is 1.06 bits per heavy atom. The topological polar surface area (TPSA) is 20.2 Å². The number of hydrogen-bond donors (Lipinski definition) is 1. The van der Waals surface area contributed by atoms with Gasteiger partial charge in [-0.15, -0.1) is 0 Å². The van der Waals surface area contributed by atoms with Crippen LogP contribution in [0.15, 0.2) is 12.2 Å². The molecule has 0 spiro atoms. The molecule has 0 saturated carbocycles. The van der Waals surface area contributed by atoms with E-state index in [4.69, 9.17) is 5.11 Å². The molecule has 0 unspecified atom stereocenters. The van der Waals surface area contributed by atoms with Crippen LogP contribution in [0.4, 0.5) is 0 Å². The van der Waals surface area contributed by atoms with Crippen molar-refractivity contribution in [2.75, 3.05) is 6.61 Å². The number of allylic oxidation sites excluding steroid dienone is 2. The van der Waals surface area contributed by atoms with Crippen molar-refractivity contribution in [3.63, 3.8) is 0 Å². The van der Waals surface area contributed by atoms with E-state index >= 15 is 0 Å². The molecule has 1 N–H and O–H groups in total. The molecule has 1 heteroatoms. The van der Waals surface area contributed by atoms with Gasteiger partial charge in [0.15, 0.2) is 0 Å². The van der Waals surface area contributed by atoms with Gasteiger partial charge in [-0.2, -0.15) is 0 Å². The largest absolute Gasteiger partial charge is 0.396 e. The van der Waals surface area contributed by atoms with Crippen LogP contribution in [-0.2, 0) is 0 Å². The molecule has 108 valence electrons. The zero-order valence-electron chi connectivity index (χ0n) is 12.5. The van der Waals surface area contributed by atoms with Crippen molar-refractivity contribution < 1.29 is 5.11 Å². The van der Waals surface area contributed by atoms with E-state index in [9.17, 15) is 0 Å². The maximum atomic E-state index is 8.65. The highest BCUT2D eigenvalue weighted by atomic mass is 16.2. The Balaban J connectivity index is 2.96. The summed E-state index contributed by atoms with van der Waals surface area (Å²) in [5, 5.41) is 8.65. The van der Waals surface area contributed by atoms with Gasteiger partial charge < -0.3 is 5.11 Å². The molecule has 0 atom stereocenters. The molecule has 0 aromatic carbocycles. The minimum Gasteiger partial charge on any atom is -0.396 e. The minimum absolute atomic E-state index is 0.367. The predicted octanol–water partition coefficient (Wildman–Crippen LogP) is 5.63. The number of aliphatic hydroxyl groups excluding tert-OH is 1. The van der Waals surface area contributed by atoms with Gasteiger partial charge in [-0.05, 0) is 25.7 Å². The summed E-state index contributed by atoms with van der Waals surface area (Å²) >= 11 is 0. The highest BCUT2D eigenvalue weighted by Gasteiger charge is 1.91. The first kappa shape index (κ1) is 17.7. The molecule has 0 rings (SSSR count). The van der Waals surface area contributed by atoms with E-state index in [-0.39, 0.29) is 0 Å². The molecule has 0 aliphatic rings.